The molecule has 0 aliphatic heterocycles. The quantitative estimate of drug-likeness (QED) is 0.517. The summed E-state index contributed by atoms with van der Waals surface area (Å²) >= 11 is 0. The first-order valence-electron chi connectivity index (χ1n) is 11.5. The number of benzene rings is 2. The largest absolute Gasteiger partial charge is 0.384 e. The summed E-state index contributed by atoms with van der Waals surface area (Å²) in [5, 5.41) is 17.3. The maximum atomic E-state index is 13.1. The number of aromatic nitrogens is 2. The molecule has 0 fully saturated rings. The number of aliphatic hydroxyl groups is 1. The first kappa shape index (κ1) is 22.6. The predicted octanol–water partition coefficient (Wildman–Crippen LogP) is 3.59. The molecule has 0 atom stereocenters. The first-order valence-corrected chi connectivity index (χ1v) is 13.0. The van der Waals surface area contributed by atoms with E-state index in [1.165, 1.54) is 21.9 Å². The van der Waals surface area contributed by atoms with E-state index in [0.29, 0.717) is 5.69 Å². The van der Waals surface area contributed by atoms with Crippen LogP contribution in [-0.2, 0) is 41.3 Å². The predicted molar refractivity (Wildman–Crippen MR) is 129 cm³/mol. The third-order valence-corrected chi connectivity index (χ3v) is 7.73. The first-order chi connectivity index (χ1) is 16.1. The van der Waals surface area contributed by atoms with Gasteiger partial charge in [-0.3, -0.25) is 0 Å². The lowest BCUT2D eigenvalue weighted by Crippen LogP contribution is -2.35. The van der Waals surface area contributed by atoms with E-state index in [-0.39, 0.29) is 10.7 Å². The zero-order chi connectivity index (χ0) is 24.1. The van der Waals surface area contributed by atoms with Crippen LogP contribution in [0.2, 0.25) is 0 Å². The van der Waals surface area contributed by atoms with Crippen molar-refractivity contribution in [3.63, 3.8) is 0 Å². The zero-order valence-electron chi connectivity index (χ0n) is 19.3. The summed E-state index contributed by atoms with van der Waals surface area (Å²) in [6.07, 6.45) is 5.78. The SMILES string of the molecule is CC(C)(O)c1cc(S(=O)(=O)NC(=O)Nc2c3c(cc4c2CCC4)CCC3)nn1-c1ccccc1. The van der Waals surface area contributed by atoms with Gasteiger partial charge < -0.3 is 10.4 Å². The van der Waals surface area contributed by atoms with E-state index < -0.39 is 21.7 Å². The van der Waals surface area contributed by atoms with E-state index >= 15 is 0 Å². The van der Waals surface area contributed by atoms with E-state index in [4.69, 9.17) is 0 Å². The van der Waals surface area contributed by atoms with E-state index in [1.807, 2.05) is 6.07 Å². The van der Waals surface area contributed by atoms with Gasteiger partial charge >= 0.3 is 6.03 Å². The van der Waals surface area contributed by atoms with Crippen LogP contribution in [0.25, 0.3) is 5.69 Å². The highest BCUT2D eigenvalue weighted by Gasteiger charge is 2.30. The Morgan fingerprint density at radius 2 is 1.62 bits per heavy atom. The van der Waals surface area contributed by atoms with Crippen LogP contribution in [0.4, 0.5) is 10.5 Å². The third kappa shape index (κ3) is 4.10. The molecule has 5 rings (SSSR count). The summed E-state index contributed by atoms with van der Waals surface area (Å²) in [4.78, 5) is 12.9. The van der Waals surface area contributed by atoms with Crippen molar-refractivity contribution >= 4 is 21.7 Å². The molecule has 0 unspecified atom stereocenters. The monoisotopic (exact) mass is 480 g/mol. The van der Waals surface area contributed by atoms with Crippen molar-refractivity contribution < 1.29 is 18.3 Å². The maximum Gasteiger partial charge on any atom is 0.333 e. The summed E-state index contributed by atoms with van der Waals surface area (Å²) in [6.45, 7) is 3.10. The summed E-state index contributed by atoms with van der Waals surface area (Å²) in [5.41, 5.74) is 5.02. The van der Waals surface area contributed by atoms with Gasteiger partial charge in [0, 0.05) is 11.8 Å². The fourth-order valence-electron chi connectivity index (χ4n) is 4.97. The van der Waals surface area contributed by atoms with Gasteiger partial charge in [-0.1, -0.05) is 24.3 Å². The number of hydrogen-bond acceptors (Lipinski definition) is 5. The Hall–Kier alpha value is -3.17. The van der Waals surface area contributed by atoms with E-state index in [2.05, 4.69) is 21.2 Å². The van der Waals surface area contributed by atoms with Gasteiger partial charge in [-0.15, -0.1) is 0 Å². The molecule has 1 aromatic heterocycles. The van der Waals surface area contributed by atoms with Gasteiger partial charge in [-0.2, -0.15) is 13.5 Å². The Labute approximate surface area is 199 Å². The van der Waals surface area contributed by atoms with Crippen LogP contribution in [0.1, 0.15) is 54.6 Å². The number of para-hydroxylation sites is 1. The molecule has 2 aliphatic carbocycles. The second kappa shape index (κ2) is 8.25. The summed E-state index contributed by atoms with van der Waals surface area (Å²) in [5.74, 6) is 0. The number of aryl methyl sites for hydroxylation is 2. The molecule has 0 spiro atoms. The average Bonchev–Trinajstić information content (AvgIpc) is 3.52. The van der Waals surface area contributed by atoms with Crippen molar-refractivity contribution in [3.05, 3.63) is 70.4 Å². The van der Waals surface area contributed by atoms with Gasteiger partial charge in [0.1, 0.15) is 5.60 Å². The van der Waals surface area contributed by atoms with Crippen molar-refractivity contribution in [1.82, 2.24) is 14.5 Å². The number of hydrogen-bond donors (Lipinski definition) is 3. The van der Waals surface area contributed by atoms with Crippen molar-refractivity contribution in [3.8, 4) is 5.69 Å². The molecule has 178 valence electrons. The number of rotatable bonds is 5. The number of nitrogens with zero attached hydrogens (tertiary/aromatic N) is 2. The molecule has 2 amide bonds. The van der Waals surface area contributed by atoms with Crippen LogP contribution in [0.5, 0.6) is 0 Å². The highest BCUT2D eigenvalue weighted by atomic mass is 32.2. The fraction of sp³-hybridized carbons (Fsp3) is 0.360. The molecule has 34 heavy (non-hydrogen) atoms. The van der Waals surface area contributed by atoms with Gasteiger partial charge in [-0.05, 0) is 86.8 Å². The summed E-state index contributed by atoms with van der Waals surface area (Å²) in [6, 6.07) is 11.7. The van der Waals surface area contributed by atoms with Crippen molar-refractivity contribution in [2.75, 3.05) is 5.32 Å². The fourth-order valence-corrected chi connectivity index (χ4v) is 5.83. The van der Waals surface area contributed by atoms with Crippen LogP contribution in [0.15, 0.2) is 47.5 Å². The molecule has 2 aliphatic rings. The Balaban J connectivity index is 1.44. The van der Waals surface area contributed by atoms with E-state index in [0.717, 1.165) is 55.3 Å². The second-order valence-corrected chi connectivity index (χ2v) is 11.1. The Morgan fingerprint density at radius 1 is 1.00 bits per heavy atom. The molecular weight excluding hydrogens is 452 g/mol. The van der Waals surface area contributed by atoms with Crippen molar-refractivity contribution in [1.29, 1.82) is 0 Å². The number of carbonyl (C=O) groups is 1. The Kier molecular flexibility index (Phi) is 5.49. The number of urea groups is 1. The molecule has 9 heteroatoms. The molecule has 0 saturated carbocycles. The lowest BCUT2D eigenvalue weighted by atomic mass is 9.99. The summed E-state index contributed by atoms with van der Waals surface area (Å²) < 4.78 is 29.7. The zero-order valence-corrected chi connectivity index (χ0v) is 20.1. The molecule has 0 radical (unpaired) electrons. The average molecular weight is 481 g/mol. The minimum Gasteiger partial charge on any atom is -0.384 e. The molecule has 3 N–H and O–H groups in total. The number of anilines is 1. The smallest absolute Gasteiger partial charge is 0.333 e. The van der Waals surface area contributed by atoms with E-state index in [1.54, 1.807) is 38.1 Å². The van der Waals surface area contributed by atoms with E-state index in [9.17, 15) is 18.3 Å². The van der Waals surface area contributed by atoms with Gasteiger partial charge in [0.05, 0.1) is 11.4 Å². The maximum absolute atomic E-state index is 13.1. The minimum atomic E-state index is -4.28. The van der Waals surface area contributed by atoms with Crippen molar-refractivity contribution in [2.45, 2.75) is 63.0 Å². The molecule has 0 bridgehead atoms. The molecule has 1 heterocycles. The van der Waals surface area contributed by atoms with Crippen LogP contribution < -0.4 is 10.0 Å². The van der Waals surface area contributed by atoms with Gasteiger partial charge in [0.15, 0.2) is 5.03 Å². The number of nitrogens with one attached hydrogen (secondary N) is 2. The van der Waals surface area contributed by atoms with Crippen LogP contribution in [-0.4, -0.2) is 29.3 Å². The second-order valence-electron chi connectivity index (χ2n) is 9.47. The Bertz CT molecular complexity index is 1340. The molecule has 0 saturated heterocycles. The number of amides is 2. The van der Waals surface area contributed by atoms with Gasteiger partial charge in [0.2, 0.25) is 0 Å². The number of fused-ring (bicyclic) bond motifs is 2. The highest BCUT2D eigenvalue weighted by Crippen LogP contribution is 2.38. The molecule has 3 aromatic rings. The van der Waals surface area contributed by atoms with Gasteiger partial charge in [0.25, 0.3) is 10.0 Å². The van der Waals surface area contributed by atoms with Gasteiger partial charge in [-0.25, -0.2) is 14.2 Å². The standard InChI is InChI=1S/C25H28N4O4S/c1-25(2,31)21-15-22(27-29(21)18-10-4-3-5-11-18)34(32,33)28-24(30)26-23-19-12-6-8-16(19)14-17-9-7-13-20(17)23/h3-5,10-11,14-15,31H,6-9,12-13H2,1-2H3,(H2,26,28,30). The van der Waals surface area contributed by atoms with Crippen LogP contribution in [0, 0.1) is 0 Å². The summed E-state index contributed by atoms with van der Waals surface area (Å²) in [7, 11) is -4.28. The number of carbonyl (C=O) groups excluding carboxylic acids is 1. The highest BCUT2D eigenvalue weighted by molar-refractivity contribution is 7.90. The molecule has 2 aromatic carbocycles. The topological polar surface area (TPSA) is 113 Å². The lowest BCUT2D eigenvalue weighted by molar-refractivity contribution is 0.0711. The van der Waals surface area contributed by atoms with Crippen molar-refractivity contribution in [2.24, 2.45) is 0 Å². The molecular formula is C25H28N4O4S. The van der Waals surface area contributed by atoms with Crippen LogP contribution >= 0.6 is 0 Å². The Morgan fingerprint density at radius 3 is 2.21 bits per heavy atom. The molecule has 8 nitrogen and oxygen atoms in total. The normalized spacial score (nSPS) is 15.1. The lowest BCUT2D eigenvalue weighted by Gasteiger charge is -2.18. The van der Waals surface area contributed by atoms with Crippen LogP contribution in [0.3, 0.4) is 0 Å². The number of sulfonamides is 1. The third-order valence-electron chi connectivity index (χ3n) is 6.53. The minimum absolute atomic E-state index is 0.290.